The van der Waals surface area contributed by atoms with Crippen LogP contribution in [0.1, 0.15) is 38.9 Å². The Bertz CT molecular complexity index is 652. The first kappa shape index (κ1) is 16.1. The van der Waals surface area contributed by atoms with Gasteiger partial charge in [0.1, 0.15) is 0 Å². The van der Waals surface area contributed by atoms with E-state index in [1.54, 1.807) is 0 Å². The molecule has 0 saturated heterocycles. The van der Waals surface area contributed by atoms with E-state index >= 15 is 0 Å². The molecule has 0 heterocycles. The van der Waals surface area contributed by atoms with Gasteiger partial charge in [-0.25, -0.2) is 4.79 Å². The van der Waals surface area contributed by atoms with E-state index in [2.05, 4.69) is 32.6 Å². The Morgan fingerprint density at radius 1 is 1.30 bits per heavy atom. The summed E-state index contributed by atoms with van der Waals surface area (Å²) >= 11 is 0. The number of hydrogen-bond donors (Lipinski definition) is 0. The third-order valence-electron chi connectivity index (χ3n) is 5.64. The first-order chi connectivity index (χ1) is 10.9. The Morgan fingerprint density at radius 2 is 2.00 bits per heavy atom. The summed E-state index contributed by atoms with van der Waals surface area (Å²) in [6.07, 6.45) is 0.327. The summed E-state index contributed by atoms with van der Waals surface area (Å²) in [5.41, 5.74) is 0.934. The Kier molecular flexibility index (Phi) is 3.98. The highest BCUT2D eigenvalue weighted by atomic mass is 16.6. The summed E-state index contributed by atoms with van der Waals surface area (Å²) in [5.74, 6) is 7.02. The second kappa shape index (κ2) is 5.69. The normalized spacial score (nSPS) is 31.3. The maximum atomic E-state index is 12.5. The molecule has 0 N–H and O–H groups in total. The van der Waals surface area contributed by atoms with Crippen molar-refractivity contribution in [2.45, 2.75) is 33.3 Å². The monoisotopic (exact) mass is 312 g/mol. The van der Waals surface area contributed by atoms with Gasteiger partial charge in [-0.05, 0) is 17.4 Å². The minimum atomic E-state index is -0.667. The van der Waals surface area contributed by atoms with Crippen LogP contribution in [0, 0.1) is 34.5 Å². The number of rotatable bonds is 5. The van der Waals surface area contributed by atoms with E-state index in [9.17, 15) is 4.79 Å². The van der Waals surface area contributed by atoms with E-state index in [1.165, 1.54) is 7.11 Å². The highest BCUT2D eigenvalue weighted by molar-refractivity contribution is 5.76. The Labute approximate surface area is 138 Å². The maximum Gasteiger partial charge on any atom is 0.339 e. The molecular formula is C20H24O3. The molecule has 0 amide bonds. The van der Waals surface area contributed by atoms with Gasteiger partial charge >= 0.3 is 5.97 Å². The van der Waals surface area contributed by atoms with E-state index < -0.39 is 6.10 Å². The number of esters is 1. The maximum absolute atomic E-state index is 12.5. The second-order valence-electron chi connectivity index (χ2n) is 7.34. The van der Waals surface area contributed by atoms with Crippen molar-refractivity contribution in [2.75, 3.05) is 13.7 Å². The standard InChI is InChI=1S/C20H24O3/c1-14-10-11-16-19(2,3)20(16,12-14)13-23-18(21)17(22-4)15-8-6-5-7-9-15/h5-9,14,16-17H,12-13H2,1-4H3. The lowest BCUT2D eigenvalue weighted by Gasteiger charge is -2.24. The largest absolute Gasteiger partial charge is 0.463 e. The highest BCUT2D eigenvalue weighted by Crippen LogP contribution is 2.72. The number of carbonyl (C=O) groups excluding carboxylic acids is 1. The van der Waals surface area contributed by atoms with Crippen molar-refractivity contribution in [3.8, 4) is 11.8 Å². The summed E-state index contributed by atoms with van der Waals surface area (Å²) in [6, 6.07) is 9.47. The number of ether oxygens (including phenoxy) is 2. The molecule has 1 fully saturated rings. The number of carbonyl (C=O) groups is 1. The lowest BCUT2D eigenvalue weighted by atomic mass is 9.85. The van der Waals surface area contributed by atoms with E-state index in [4.69, 9.17) is 9.47 Å². The van der Waals surface area contributed by atoms with Gasteiger partial charge in [-0.15, -0.1) is 0 Å². The molecular weight excluding hydrogens is 288 g/mol. The van der Waals surface area contributed by atoms with Crippen molar-refractivity contribution >= 4 is 5.97 Å². The predicted molar refractivity (Wildman–Crippen MR) is 88.4 cm³/mol. The molecule has 0 radical (unpaired) electrons. The Balaban J connectivity index is 1.69. The van der Waals surface area contributed by atoms with Crippen LogP contribution in [0.3, 0.4) is 0 Å². The number of fused-ring (bicyclic) bond motifs is 1. The van der Waals surface area contributed by atoms with Crippen LogP contribution in [-0.2, 0) is 14.3 Å². The summed E-state index contributed by atoms with van der Waals surface area (Å²) in [7, 11) is 1.54. The molecule has 1 saturated carbocycles. The van der Waals surface area contributed by atoms with Gasteiger partial charge in [0.15, 0.2) is 6.10 Å². The minimum absolute atomic E-state index is 0.00229. The molecule has 0 aliphatic heterocycles. The predicted octanol–water partition coefficient (Wildman–Crippen LogP) is 3.60. The molecule has 23 heavy (non-hydrogen) atoms. The zero-order valence-electron chi connectivity index (χ0n) is 14.3. The van der Waals surface area contributed by atoms with E-state index in [1.807, 2.05) is 30.3 Å². The zero-order chi connectivity index (χ0) is 16.7. The molecule has 3 rings (SSSR count). The fraction of sp³-hybridized carbons (Fsp3) is 0.550. The van der Waals surface area contributed by atoms with Crippen LogP contribution in [0.5, 0.6) is 0 Å². The van der Waals surface area contributed by atoms with Gasteiger partial charge in [-0.2, -0.15) is 0 Å². The van der Waals surface area contributed by atoms with E-state index in [-0.39, 0.29) is 16.8 Å². The Hall–Kier alpha value is -1.79. The van der Waals surface area contributed by atoms with Gasteiger partial charge in [0.25, 0.3) is 0 Å². The average Bonchev–Trinajstić information content (AvgIpc) is 3.02. The fourth-order valence-corrected chi connectivity index (χ4v) is 4.07. The van der Waals surface area contributed by atoms with Gasteiger partial charge in [-0.1, -0.05) is 62.9 Å². The van der Waals surface area contributed by atoms with Crippen LogP contribution in [0.15, 0.2) is 30.3 Å². The molecule has 2 aliphatic carbocycles. The third-order valence-corrected chi connectivity index (χ3v) is 5.64. The Morgan fingerprint density at radius 3 is 2.65 bits per heavy atom. The molecule has 1 aromatic rings. The molecule has 3 nitrogen and oxygen atoms in total. The molecule has 0 spiro atoms. The van der Waals surface area contributed by atoms with E-state index in [0.29, 0.717) is 18.4 Å². The minimum Gasteiger partial charge on any atom is -0.463 e. The second-order valence-corrected chi connectivity index (χ2v) is 7.34. The van der Waals surface area contributed by atoms with Crippen molar-refractivity contribution in [2.24, 2.45) is 22.7 Å². The SMILES string of the molecule is COC(C(=O)OCC12CC(C)C#CC1C2(C)C)c1ccccc1. The lowest BCUT2D eigenvalue weighted by molar-refractivity contribution is -0.158. The van der Waals surface area contributed by atoms with Gasteiger partial charge in [0, 0.05) is 24.4 Å². The fourth-order valence-electron chi connectivity index (χ4n) is 4.07. The smallest absolute Gasteiger partial charge is 0.339 e. The average molecular weight is 312 g/mol. The van der Waals surface area contributed by atoms with Gasteiger partial charge in [0.2, 0.25) is 0 Å². The molecule has 4 unspecified atom stereocenters. The quantitative estimate of drug-likeness (QED) is 0.615. The first-order valence-electron chi connectivity index (χ1n) is 8.18. The van der Waals surface area contributed by atoms with Crippen LogP contribution < -0.4 is 0 Å². The van der Waals surface area contributed by atoms with Crippen molar-refractivity contribution < 1.29 is 14.3 Å². The zero-order valence-corrected chi connectivity index (χ0v) is 14.3. The van der Waals surface area contributed by atoms with Crippen molar-refractivity contribution in [1.29, 1.82) is 0 Å². The van der Waals surface area contributed by atoms with Crippen LogP contribution in [0.4, 0.5) is 0 Å². The van der Waals surface area contributed by atoms with Crippen molar-refractivity contribution in [3.05, 3.63) is 35.9 Å². The summed E-state index contributed by atoms with van der Waals surface area (Å²) < 4.78 is 11.0. The number of hydrogen-bond acceptors (Lipinski definition) is 3. The molecule has 1 aromatic carbocycles. The van der Waals surface area contributed by atoms with Gasteiger partial charge < -0.3 is 9.47 Å². The lowest BCUT2D eigenvalue weighted by Crippen LogP contribution is -2.26. The molecule has 3 heteroatoms. The van der Waals surface area contributed by atoms with Crippen molar-refractivity contribution in [3.63, 3.8) is 0 Å². The summed E-state index contributed by atoms with van der Waals surface area (Å²) in [5, 5.41) is 0. The summed E-state index contributed by atoms with van der Waals surface area (Å²) in [6.45, 7) is 7.02. The third kappa shape index (κ3) is 2.56. The topological polar surface area (TPSA) is 35.5 Å². The molecule has 0 bridgehead atoms. The van der Waals surface area contributed by atoms with Gasteiger partial charge in [-0.3, -0.25) is 0 Å². The van der Waals surface area contributed by atoms with Crippen LogP contribution in [-0.4, -0.2) is 19.7 Å². The molecule has 0 aromatic heterocycles. The number of benzene rings is 1. The highest BCUT2D eigenvalue weighted by Gasteiger charge is 2.71. The molecule has 122 valence electrons. The molecule has 2 aliphatic rings. The van der Waals surface area contributed by atoms with Crippen LogP contribution >= 0.6 is 0 Å². The van der Waals surface area contributed by atoms with Crippen molar-refractivity contribution in [1.82, 2.24) is 0 Å². The van der Waals surface area contributed by atoms with E-state index in [0.717, 1.165) is 12.0 Å². The van der Waals surface area contributed by atoms with Crippen LogP contribution in [0.25, 0.3) is 0 Å². The van der Waals surface area contributed by atoms with Crippen LogP contribution in [0.2, 0.25) is 0 Å². The molecule has 4 atom stereocenters. The first-order valence-corrected chi connectivity index (χ1v) is 8.18. The van der Waals surface area contributed by atoms with Gasteiger partial charge in [0.05, 0.1) is 6.61 Å². The number of methoxy groups -OCH3 is 1. The summed E-state index contributed by atoms with van der Waals surface area (Å²) in [4.78, 5) is 12.5.